The summed E-state index contributed by atoms with van der Waals surface area (Å²) >= 11 is 11.9. The first kappa shape index (κ1) is 18.3. The molecule has 2 aromatic carbocycles. The number of piperazine rings is 1. The third-order valence-corrected chi connectivity index (χ3v) is 6.13. The van der Waals surface area contributed by atoms with Gasteiger partial charge in [0.1, 0.15) is 0 Å². The molecule has 0 aromatic heterocycles. The van der Waals surface area contributed by atoms with E-state index in [4.69, 9.17) is 23.2 Å². The van der Waals surface area contributed by atoms with Crippen LogP contribution >= 0.6 is 23.2 Å². The summed E-state index contributed by atoms with van der Waals surface area (Å²) in [5.74, 6) is 0. The van der Waals surface area contributed by atoms with Crippen molar-refractivity contribution in [1.29, 1.82) is 0 Å². The number of nitrogens with zero attached hydrogens (tertiary/aromatic N) is 2. The normalized spacial score (nSPS) is 16.5. The van der Waals surface area contributed by atoms with Crippen LogP contribution in [0.5, 0.6) is 0 Å². The highest BCUT2D eigenvalue weighted by Crippen LogP contribution is 2.22. The SMILES string of the molecule is O=S(=O)(/C=C/c1ccc(Cl)cc1)N1CCN(c2cccc(Cl)c2)CC1. The van der Waals surface area contributed by atoms with Crippen LogP contribution in [0.25, 0.3) is 6.08 Å². The number of benzene rings is 2. The van der Waals surface area contributed by atoms with Gasteiger partial charge in [0.2, 0.25) is 10.0 Å². The Bertz CT molecular complexity index is 859. The van der Waals surface area contributed by atoms with Gasteiger partial charge in [0.15, 0.2) is 0 Å². The van der Waals surface area contributed by atoms with Crippen LogP contribution in [0.2, 0.25) is 10.0 Å². The van der Waals surface area contributed by atoms with Crippen molar-refractivity contribution in [2.75, 3.05) is 31.1 Å². The van der Waals surface area contributed by atoms with Gasteiger partial charge in [-0.3, -0.25) is 0 Å². The molecule has 3 rings (SSSR count). The van der Waals surface area contributed by atoms with Crippen LogP contribution < -0.4 is 4.90 Å². The minimum atomic E-state index is -3.44. The second kappa shape index (κ2) is 7.79. The molecule has 1 heterocycles. The quantitative estimate of drug-likeness (QED) is 0.780. The van der Waals surface area contributed by atoms with Crippen molar-refractivity contribution in [2.45, 2.75) is 0 Å². The molecular weight excluding hydrogens is 379 g/mol. The summed E-state index contributed by atoms with van der Waals surface area (Å²) in [6, 6.07) is 14.6. The zero-order valence-electron chi connectivity index (χ0n) is 13.5. The summed E-state index contributed by atoms with van der Waals surface area (Å²) in [7, 11) is -3.44. The molecule has 0 unspecified atom stereocenters. The maximum atomic E-state index is 12.5. The Morgan fingerprint density at radius 3 is 2.20 bits per heavy atom. The van der Waals surface area contributed by atoms with Gasteiger partial charge in [-0.25, -0.2) is 8.42 Å². The fraction of sp³-hybridized carbons (Fsp3) is 0.222. The first-order chi connectivity index (χ1) is 11.9. The largest absolute Gasteiger partial charge is 0.369 e. The summed E-state index contributed by atoms with van der Waals surface area (Å²) in [5, 5.41) is 2.56. The predicted molar refractivity (Wildman–Crippen MR) is 105 cm³/mol. The summed E-state index contributed by atoms with van der Waals surface area (Å²) < 4.78 is 26.5. The average molecular weight is 397 g/mol. The van der Waals surface area contributed by atoms with Crippen molar-refractivity contribution in [2.24, 2.45) is 0 Å². The highest BCUT2D eigenvalue weighted by Gasteiger charge is 2.25. The predicted octanol–water partition coefficient (Wildman–Crippen LogP) is 4.12. The Morgan fingerprint density at radius 1 is 0.880 bits per heavy atom. The van der Waals surface area contributed by atoms with Crippen LogP contribution in [0.15, 0.2) is 53.9 Å². The molecule has 0 spiro atoms. The Kier molecular flexibility index (Phi) is 5.69. The topological polar surface area (TPSA) is 40.6 Å². The van der Waals surface area contributed by atoms with Gasteiger partial charge in [-0.2, -0.15) is 4.31 Å². The zero-order valence-corrected chi connectivity index (χ0v) is 15.8. The van der Waals surface area contributed by atoms with E-state index in [1.54, 1.807) is 30.3 Å². The van der Waals surface area contributed by atoms with E-state index in [0.29, 0.717) is 36.2 Å². The Labute approximate surface area is 158 Å². The van der Waals surface area contributed by atoms with Gasteiger partial charge in [0.05, 0.1) is 0 Å². The second-order valence-electron chi connectivity index (χ2n) is 5.77. The van der Waals surface area contributed by atoms with Crippen molar-refractivity contribution < 1.29 is 8.42 Å². The van der Waals surface area contributed by atoms with E-state index in [-0.39, 0.29) is 0 Å². The lowest BCUT2D eigenvalue weighted by molar-refractivity contribution is 0.390. The Hall–Kier alpha value is -1.53. The number of hydrogen-bond acceptors (Lipinski definition) is 3. The van der Waals surface area contributed by atoms with Gasteiger partial charge in [-0.1, -0.05) is 41.4 Å². The van der Waals surface area contributed by atoms with Crippen molar-refractivity contribution in [3.05, 3.63) is 69.5 Å². The maximum absolute atomic E-state index is 12.5. The van der Waals surface area contributed by atoms with Crippen molar-refractivity contribution in [3.8, 4) is 0 Å². The van der Waals surface area contributed by atoms with Gasteiger partial charge in [-0.05, 0) is 42.0 Å². The van der Waals surface area contributed by atoms with E-state index in [1.807, 2.05) is 24.3 Å². The third kappa shape index (κ3) is 4.76. The monoisotopic (exact) mass is 396 g/mol. The van der Waals surface area contributed by atoms with Gasteiger partial charge in [0, 0.05) is 47.3 Å². The third-order valence-electron chi connectivity index (χ3n) is 4.07. The molecule has 1 aliphatic rings. The van der Waals surface area contributed by atoms with Gasteiger partial charge in [-0.15, -0.1) is 0 Å². The Balaban J connectivity index is 1.64. The minimum Gasteiger partial charge on any atom is -0.369 e. The first-order valence-corrected chi connectivity index (χ1v) is 10.1. The number of hydrogen-bond donors (Lipinski definition) is 0. The molecule has 132 valence electrons. The lowest BCUT2D eigenvalue weighted by atomic mass is 10.2. The van der Waals surface area contributed by atoms with E-state index in [0.717, 1.165) is 11.3 Å². The van der Waals surface area contributed by atoms with Crippen LogP contribution in [-0.4, -0.2) is 38.9 Å². The molecule has 0 amide bonds. The molecule has 0 bridgehead atoms. The molecule has 25 heavy (non-hydrogen) atoms. The highest BCUT2D eigenvalue weighted by molar-refractivity contribution is 7.92. The molecule has 0 N–H and O–H groups in total. The van der Waals surface area contributed by atoms with Crippen molar-refractivity contribution in [3.63, 3.8) is 0 Å². The number of sulfonamides is 1. The number of anilines is 1. The van der Waals surface area contributed by atoms with E-state index in [1.165, 1.54) is 9.71 Å². The van der Waals surface area contributed by atoms with E-state index in [9.17, 15) is 8.42 Å². The number of halogens is 2. The standard InChI is InChI=1S/C18H18Cl2N2O2S/c19-16-6-4-15(5-7-16)8-13-25(23,24)22-11-9-21(10-12-22)18-3-1-2-17(20)14-18/h1-8,13-14H,9-12H2/b13-8+. The molecule has 2 aromatic rings. The summed E-state index contributed by atoms with van der Waals surface area (Å²) in [5.41, 5.74) is 1.81. The Morgan fingerprint density at radius 2 is 1.56 bits per heavy atom. The second-order valence-corrected chi connectivity index (χ2v) is 8.46. The lowest BCUT2D eigenvalue weighted by Crippen LogP contribution is -2.48. The fourth-order valence-corrected chi connectivity index (χ4v) is 4.18. The molecule has 0 atom stereocenters. The molecule has 4 nitrogen and oxygen atoms in total. The molecule has 7 heteroatoms. The molecule has 0 radical (unpaired) electrons. The first-order valence-electron chi connectivity index (χ1n) is 7.88. The average Bonchev–Trinajstić information content (AvgIpc) is 2.61. The summed E-state index contributed by atoms with van der Waals surface area (Å²) in [4.78, 5) is 2.14. The van der Waals surface area contributed by atoms with Crippen LogP contribution in [0.3, 0.4) is 0 Å². The zero-order chi connectivity index (χ0) is 17.9. The molecule has 0 aliphatic carbocycles. The van der Waals surface area contributed by atoms with Crippen LogP contribution in [0.4, 0.5) is 5.69 Å². The van der Waals surface area contributed by atoms with Crippen LogP contribution in [0.1, 0.15) is 5.56 Å². The van der Waals surface area contributed by atoms with E-state index in [2.05, 4.69) is 4.90 Å². The number of rotatable bonds is 4. The van der Waals surface area contributed by atoms with Crippen molar-refractivity contribution in [1.82, 2.24) is 4.31 Å². The van der Waals surface area contributed by atoms with Crippen molar-refractivity contribution >= 4 is 45.0 Å². The molecule has 1 aliphatic heterocycles. The lowest BCUT2D eigenvalue weighted by Gasteiger charge is -2.34. The van der Waals surface area contributed by atoms with E-state index >= 15 is 0 Å². The molecule has 1 saturated heterocycles. The van der Waals surface area contributed by atoms with Gasteiger partial charge in [0.25, 0.3) is 0 Å². The molecular formula is C18H18Cl2N2O2S. The van der Waals surface area contributed by atoms with Gasteiger partial charge < -0.3 is 4.90 Å². The fourth-order valence-electron chi connectivity index (χ4n) is 2.70. The highest BCUT2D eigenvalue weighted by atomic mass is 35.5. The van der Waals surface area contributed by atoms with Crippen LogP contribution in [-0.2, 0) is 10.0 Å². The maximum Gasteiger partial charge on any atom is 0.236 e. The minimum absolute atomic E-state index is 0.444. The molecule has 1 fully saturated rings. The molecule has 0 saturated carbocycles. The summed E-state index contributed by atoms with van der Waals surface area (Å²) in [6.07, 6.45) is 1.59. The van der Waals surface area contributed by atoms with Gasteiger partial charge >= 0.3 is 0 Å². The summed E-state index contributed by atoms with van der Waals surface area (Å²) in [6.45, 7) is 2.16. The van der Waals surface area contributed by atoms with Crippen LogP contribution in [0, 0.1) is 0 Å². The smallest absolute Gasteiger partial charge is 0.236 e. The van der Waals surface area contributed by atoms with E-state index < -0.39 is 10.0 Å².